The molecule has 3 nitrogen and oxygen atoms in total. The molecule has 0 aliphatic rings. The number of benzene rings is 6. The van der Waals surface area contributed by atoms with E-state index < -0.39 is 0 Å². The Kier molecular flexibility index (Phi) is 4.98. The normalized spacial score (nSPS) is 11.6. The van der Waals surface area contributed by atoms with Gasteiger partial charge in [0.15, 0.2) is 0 Å². The Labute approximate surface area is 231 Å². The third-order valence-corrected chi connectivity index (χ3v) is 7.96. The van der Waals surface area contributed by atoms with Gasteiger partial charge in [0.25, 0.3) is 0 Å². The average molecular weight is 513 g/mol. The molecular formula is C37H24N2O. The zero-order valence-electron chi connectivity index (χ0n) is 21.7. The number of rotatable bonds is 4. The lowest BCUT2D eigenvalue weighted by Gasteiger charge is -2.09. The van der Waals surface area contributed by atoms with Crippen LogP contribution in [0.2, 0.25) is 0 Å². The van der Waals surface area contributed by atoms with Crippen molar-refractivity contribution in [1.82, 2.24) is 9.13 Å². The lowest BCUT2D eigenvalue weighted by molar-refractivity contribution is 0.112. The van der Waals surface area contributed by atoms with Crippen LogP contribution < -0.4 is 0 Å². The molecule has 8 aromatic rings. The molecule has 0 saturated carbocycles. The van der Waals surface area contributed by atoms with Gasteiger partial charge in [0.1, 0.15) is 6.29 Å². The first kappa shape index (κ1) is 22.6. The minimum absolute atomic E-state index is 0.669. The molecule has 0 spiro atoms. The molecule has 0 radical (unpaired) electrons. The standard InChI is InChI=1S/C37H24N2O/c40-24-25-9-8-12-29(21-25)39-35-16-7-5-14-31(35)33-23-27(18-20-37(33)39)26-17-19-36-32(22-26)30-13-4-6-15-34(30)38(36)28-10-2-1-3-11-28/h1-24H. The Hall–Kier alpha value is -5.41. The number of aromatic nitrogens is 2. The first-order valence-electron chi connectivity index (χ1n) is 13.5. The molecule has 0 N–H and O–H groups in total. The Morgan fingerprint density at radius 2 is 0.900 bits per heavy atom. The van der Waals surface area contributed by atoms with Crippen LogP contribution >= 0.6 is 0 Å². The summed E-state index contributed by atoms with van der Waals surface area (Å²) in [4.78, 5) is 11.5. The zero-order chi connectivity index (χ0) is 26.6. The van der Waals surface area contributed by atoms with E-state index in [2.05, 4.69) is 130 Å². The van der Waals surface area contributed by atoms with Crippen LogP contribution in [0.5, 0.6) is 0 Å². The summed E-state index contributed by atoms with van der Waals surface area (Å²) in [6, 6.07) is 49.0. The molecule has 6 aromatic carbocycles. The number of nitrogens with zero attached hydrogens (tertiary/aromatic N) is 2. The van der Waals surface area contributed by atoms with Gasteiger partial charge in [0.05, 0.1) is 22.1 Å². The molecule has 0 fully saturated rings. The number of hydrogen-bond donors (Lipinski definition) is 0. The highest BCUT2D eigenvalue weighted by atomic mass is 16.1. The minimum Gasteiger partial charge on any atom is -0.309 e. The summed E-state index contributed by atoms with van der Waals surface area (Å²) in [5.41, 5.74) is 9.83. The minimum atomic E-state index is 0.669. The fourth-order valence-corrected chi connectivity index (χ4v) is 6.18. The van der Waals surface area contributed by atoms with Crippen LogP contribution in [0, 0.1) is 0 Å². The molecule has 3 heteroatoms. The zero-order valence-corrected chi connectivity index (χ0v) is 21.7. The number of aldehydes is 1. The van der Waals surface area contributed by atoms with Crippen molar-refractivity contribution in [2.24, 2.45) is 0 Å². The van der Waals surface area contributed by atoms with E-state index >= 15 is 0 Å². The van der Waals surface area contributed by atoms with E-state index in [1.165, 1.54) is 43.7 Å². The smallest absolute Gasteiger partial charge is 0.150 e. The molecule has 188 valence electrons. The van der Waals surface area contributed by atoms with Crippen LogP contribution in [0.25, 0.3) is 66.1 Å². The largest absolute Gasteiger partial charge is 0.309 e. The molecule has 40 heavy (non-hydrogen) atoms. The summed E-state index contributed by atoms with van der Waals surface area (Å²) >= 11 is 0. The van der Waals surface area contributed by atoms with Crippen LogP contribution in [0.3, 0.4) is 0 Å². The highest BCUT2D eigenvalue weighted by Crippen LogP contribution is 2.38. The van der Waals surface area contributed by atoms with Crippen LogP contribution in [-0.4, -0.2) is 15.4 Å². The predicted octanol–water partition coefficient (Wildman–Crippen LogP) is 9.36. The van der Waals surface area contributed by atoms with Gasteiger partial charge < -0.3 is 9.13 Å². The van der Waals surface area contributed by atoms with E-state index in [1.807, 2.05) is 18.2 Å². The van der Waals surface area contributed by atoms with E-state index in [-0.39, 0.29) is 0 Å². The fraction of sp³-hybridized carbons (Fsp3) is 0. The number of carbonyl (C=O) groups excluding carboxylic acids is 1. The van der Waals surface area contributed by atoms with Crippen molar-refractivity contribution >= 4 is 49.9 Å². The lowest BCUT2D eigenvalue weighted by atomic mass is 10.0. The molecule has 0 bridgehead atoms. The van der Waals surface area contributed by atoms with Gasteiger partial charge in [-0.15, -0.1) is 0 Å². The third-order valence-electron chi connectivity index (χ3n) is 7.96. The molecule has 0 amide bonds. The van der Waals surface area contributed by atoms with Gasteiger partial charge in [-0.3, -0.25) is 4.79 Å². The van der Waals surface area contributed by atoms with Crippen LogP contribution in [-0.2, 0) is 0 Å². The van der Waals surface area contributed by atoms with Crippen molar-refractivity contribution in [3.8, 4) is 22.5 Å². The molecule has 8 rings (SSSR count). The first-order chi connectivity index (χ1) is 19.8. The highest BCUT2D eigenvalue weighted by molar-refractivity contribution is 6.12. The van der Waals surface area contributed by atoms with Crippen molar-refractivity contribution in [3.63, 3.8) is 0 Å². The van der Waals surface area contributed by atoms with Gasteiger partial charge in [0, 0.05) is 38.5 Å². The van der Waals surface area contributed by atoms with E-state index in [1.54, 1.807) is 0 Å². The lowest BCUT2D eigenvalue weighted by Crippen LogP contribution is -1.95. The molecule has 0 saturated heterocycles. The van der Waals surface area contributed by atoms with Crippen molar-refractivity contribution in [2.45, 2.75) is 0 Å². The van der Waals surface area contributed by atoms with E-state index in [0.717, 1.165) is 28.7 Å². The topological polar surface area (TPSA) is 26.9 Å². The van der Waals surface area contributed by atoms with Crippen molar-refractivity contribution in [2.75, 3.05) is 0 Å². The second-order valence-electron chi connectivity index (χ2n) is 10.2. The Morgan fingerprint density at radius 1 is 0.400 bits per heavy atom. The summed E-state index contributed by atoms with van der Waals surface area (Å²) in [7, 11) is 0. The second-order valence-corrected chi connectivity index (χ2v) is 10.2. The molecule has 0 aliphatic carbocycles. The van der Waals surface area contributed by atoms with Crippen LogP contribution in [0.15, 0.2) is 140 Å². The number of para-hydroxylation sites is 3. The summed E-state index contributed by atoms with van der Waals surface area (Å²) in [5, 5.41) is 4.87. The molecule has 2 aromatic heterocycles. The monoisotopic (exact) mass is 512 g/mol. The average Bonchev–Trinajstić information content (AvgIpc) is 3.54. The van der Waals surface area contributed by atoms with Crippen molar-refractivity contribution in [1.29, 1.82) is 0 Å². The fourth-order valence-electron chi connectivity index (χ4n) is 6.18. The van der Waals surface area contributed by atoms with Crippen LogP contribution in [0.4, 0.5) is 0 Å². The Bertz CT molecular complexity index is 2230. The van der Waals surface area contributed by atoms with Gasteiger partial charge in [-0.1, -0.05) is 78.9 Å². The third kappa shape index (κ3) is 3.35. The predicted molar refractivity (Wildman–Crippen MR) is 166 cm³/mol. The maximum absolute atomic E-state index is 11.5. The highest BCUT2D eigenvalue weighted by Gasteiger charge is 2.16. The number of carbonyl (C=O) groups is 1. The van der Waals surface area contributed by atoms with E-state index in [9.17, 15) is 4.79 Å². The Morgan fingerprint density at radius 3 is 1.50 bits per heavy atom. The first-order valence-corrected chi connectivity index (χ1v) is 13.5. The molecular weight excluding hydrogens is 488 g/mol. The van der Waals surface area contributed by atoms with Gasteiger partial charge in [-0.2, -0.15) is 0 Å². The van der Waals surface area contributed by atoms with Crippen molar-refractivity contribution < 1.29 is 4.79 Å². The summed E-state index contributed by atoms with van der Waals surface area (Å²) in [6.45, 7) is 0. The number of hydrogen-bond acceptors (Lipinski definition) is 1. The second kappa shape index (κ2) is 8.82. The molecule has 0 atom stereocenters. The van der Waals surface area contributed by atoms with Gasteiger partial charge in [-0.05, 0) is 71.8 Å². The molecule has 0 aliphatic heterocycles. The summed E-state index contributed by atoms with van der Waals surface area (Å²) in [5.74, 6) is 0. The quantitative estimate of drug-likeness (QED) is 0.216. The van der Waals surface area contributed by atoms with Crippen LogP contribution in [0.1, 0.15) is 10.4 Å². The molecule has 0 unspecified atom stereocenters. The maximum Gasteiger partial charge on any atom is 0.150 e. The van der Waals surface area contributed by atoms with Gasteiger partial charge in [0.2, 0.25) is 0 Å². The maximum atomic E-state index is 11.5. The Balaban J connectivity index is 1.35. The van der Waals surface area contributed by atoms with Gasteiger partial charge >= 0.3 is 0 Å². The SMILES string of the molecule is O=Cc1cccc(-n2c3ccccc3c3cc(-c4ccc5c(c4)c4ccccc4n5-c4ccccc4)ccc32)c1. The number of fused-ring (bicyclic) bond motifs is 6. The van der Waals surface area contributed by atoms with Crippen molar-refractivity contribution in [3.05, 3.63) is 145 Å². The molecule has 2 heterocycles. The summed E-state index contributed by atoms with van der Waals surface area (Å²) in [6.07, 6.45) is 0.903. The van der Waals surface area contributed by atoms with E-state index in [0.29, 0.717) is 5.56 Å². The summed E-state index contributed by atoms with van der Waals surface area (Å²) < 4.78 is 4.59. The van der Waals surface area contributed by atoms with Gasteiger partial charge in [-0.25, -0.2) is 0 Å². The van der Waals surface area contributed by atoms with E-state index in [4.69, 9.17) is 0 Å².